The van der Waals surface area contributed by atoms with Crippen molar-refractivity contribution < 1.29 is 94.9 Å². The van der Waals surface area contributed by atoms with Gasteiger partial charge in [-0.25, -0.2) is 0 Å². The van der Waals surface area contributed by atoms with Crippen LogP contribution >= 0.6 is 0 Å². The van der Waals surface area contributed by atoms with E-state index in [1.54, 1.807) is 0 Å². The van der Waals surface area contributed by atoms with Crippen molar-refractivity contribution in [3.8, 4) is 0 Å². The molecule has 0 unspecified atom stereocenters. The van der Waals surface area contributed by atoms with Gasteiger partial charge in [-0.05, 0) is 140 Å². The summed E-state index contributed by atoms with van der Waals surface area (Å²) in [6, 6.07) is 0. The number of rotatable bonds is 51. The normalized spacial score (nSPS) is 12.8. The van der Waals surface area contributed by atoms with Crippen LogP contribution < -0.4 is 5.32 Å². The van der Waals surface area contributed by atoms with Crippen LogP contribution in [0.15, 0.2) is 0 Å². The third-order valence-corrected chi connectivity index (χ3v) is 12.6. The predicted molar refractivity (Wildman–Crippen MR) is 402 cm³/mol. The van der Waals surface area contributed by atoms with Crippen molar-refractivity contribution in [3.05, 3.63) is 0 Å². The molecular formula is C78H161NO20. The number of hydrogen-bond donors (Lipinski definition) is 1. The first-order valence-corrected chi connectivity index (χ1v) is 36.7. The first-order chi connectivity index (χ1) is 45.3. The Morgan fingerprint density at radius 3 is 0.566 bits per heavy atom. The summed E-state index contributed by atoms with van der Waals surface area (Å²) in [5, 5.41) is 3.37. The van der Waals surface area contributed by atoms with Gasteiger partial charge in [0, 0.05) is 41.5 Å². The molecule has 0 aliphatic carbocycles. The fraction of sp³-hybridized carbons (Fsp3) is 0.962. The second-order valence-electron chi connectivity index (χ2n) is 34.6. The molecule has 0 aromatic rings. The summed E-state index contributed by atoms with van der Waals surface area (Å²) in [6.45, 7) is 78.5. The summed E-state index contributed by atoms with van der Waals surface area (Å²) < 4.78 is 92.1. The van der Waals surface area contributed by atoms with Crippen LogP contribution in [0, 0.1) is 27.1 Å². The molecule has 0 rings (SSSR count). The lowest BCUT2D eigenvalue weighted by Gasteiger charge is -2.20. The zero-order chi connectivity index (χ0) is 77.2. The highest BCUT2D eigenvalue weighted by atomic mass is 16.6. The van der Waals surface area contributed by atoms with E-state index in [4.69, 9.17) is 80.5 Å². The van der Waals surface area contributed by atoms with Gasteiger partial charge in [-0.1, -0.05) is 104 Å². The van der Waals surface area contributed by atoms with Gasteiger partial charge in [0.15, 0.2) is 17.3 Å². The number of carbonyl (C=O) groups is 3. The van der Waals surface area contributed by atoms with E-state index in [1.807, 2.05) is 145 Å². The van der Waals surface area contributed by atoms with E-state index in [0.29, 0.717) is 176 Å². The summed E-state index contributed by atoms with van der Waals surface area (Å²) in [5.41, 5.74) is -0.501. The van der Waals surface area contributed by atoms with Gasteiger partial charge in [-0.15, -0.1) is 0 Å². The first-order valence-electron chi connectivity index (χ1n) is 36.7. The number of ether oxygens (including phenoxy) is 17. The summed E-state index contributed by atoms with van der Waals surface area (Å²) in [4.78, 5) is 34.7. The largest absolute Gasteiger partial charge is 0.379 e. The maximum atomic E-state index is 11.6. The minimum atomic E-state index is -0.343. The van der Waals surface area contributed by atoms with Gasteiger partial charge in [0.1, 0.15) is 19.8 Å². The van der Waals surface area contributed by atoms with Gasteiger partial charge >= 0.3 is 0 Å². The molecule has 0 radical (unpaired) electrons. The second kappa shape index (κ2) is 60.4. The van der Waals surface area contributed by atoms with E-state index in [2.05, 4.69) is 67.6 Å². The molecule has 0 fully saturated rings. The highest BCUT2D eigenvalue weighted by molar-refractivity contribution is 5.85. The molecule has 0 heterocycles. The van der Waals surface area contributed by atoms with Crippen LogP contribution in [0.2, 0.25) is 0 Å². The average Bonchev–Trinajstić information content (AvgIpc) is 0.954. The van der Waals surface area contributed by atoms with Gasteiger partial charge in [-0.3, -0.25) is 14.4 Å². The molecule has 0 aromatic heterocycles. The number of Topliss-reactive ketones (excluding diaryl/α,β-unsaturated/α-hetero) is 3. The van der Waals surface area contributed by atoms with Gasteiger partial charge in [-0.2, -0.15) is 0 Å². The minimum Gasteiger partial charge on any atom is -0.379 e. The van der Waals surface area contributed by atoms with E-state index in [-0.39, 0.29) is 81.4 Å². The monoisotopic (exact) mass is 1430 g/mol. The van der Waals surface area contributed by atoms with Crippen LogP contribution in [0.4, 0.5) is 0 Å². The molecule has 99 heavy (non-hydrogen) atoms. The fourth-order valence-electron chi connectivity index (χ4n) is 6.64. The van der Waals surface area contributed by atoms with E-state index in [0.717, 1.165) is 32.6 Å². The Hall–Kier alpha value is -1.71. The number of hydrogen-bond acceptors (Lipinski definition) is 21. The Morgan fingerprint density at radius 1 is 0.222 bits per heavy atom. The smallest absolute Gasteiger partial charge is 0.163 e. The molecule has 598 valence electrons. The molecule has 0 spiro atoms. The summed E-state index contributed by atoms with van der Waals surface area (Å²) >= 11 is 0. The third-order valence-electron chi connectivity index (χ3n) is 12.6. The van der Waals surface area contributed by atoms with Crippen LogP contribution in [-0.2, 0) is 94.9 Å². The van der Waals surface area contributed by atoms with E-state index < -0.39 is 0 Å². The minimum absolute atomic E-state index is 0.0766. The van der Waals surface area contributed by atoms with Crippen molar-refractivity contribution in [2.45, 2.75) is 261 Å². The summed E-state index contributed by atoms with van der Waals surface area (Å²) in [7, 11) is 0. The summed E-state index contributed by atoms with van der Waals surface area (Å²) in [6.07, 6.45) is 4.58. The SMILES string of the molecule is CC(C)(C)CCCOCCOCCOC(C)(C)C.CC(C)(C)CCCOCCOCCOCC(=O)C(C)(C)C.CC(C)(C)NCCOCCOCCOCCOC(C)(C)C.CC(C)(C)OCCOCCOCC(=O)C(C)(C)C.CC(C)(C)OCCOCCOCCOCC(=O)C(C)(C)C. The Bertz CT molecular complexity index is 1710. The Morgan fingerprint density at radius 2 is 0.394 bits per heavy atom. The highest BCUT2D eigenvalue weighted by Gasteiger charge is 2.23. The standard InChI is InChI=1S/C17H34O4.C16H35NO4.C16H32O5.C15H32O3.C14H28O4/c1-16(2,3)8-7-9-19-10-11-20-12-13-21-14-15(18)17(4,5)6;1-15(2,3)17-7-8-18-9-10-19-11-12-20-13-14-21-16(4,5)6;1-15(2,3)14(17)13-20-10-9-18-7-8-19-11-12-21-16(4,5)6;1-14(2,3)8-7-9-16-10-11-17-12-13-18-15(4,5)6;1-13(2,3)12(15)11-17-8-7-16-9-10-18-14(4,5)6/h7-14H2,1-6H3;17H,7-14H2,1-6H3;7-13H2,1-6H3;7-13H2,1-6H3;7-11H2,1-6H3. The van der Waals surface area contributed by atoms with E-state index >= 15 is 0 Å². The zero-order valence-electron chi connectivity index (χ0n) is 69.9. The van der Waals surface area contributed by atoms with Crippen molar-refractivity contribution in [2.75, 3.05) is 205 Å². The molecule has 0 aliphatic heterocycles. The highest BCUT2D eigenvalue weighted by Crippen LogP contribution is 2.22. The molecule has 0 saturated carbocycles. The van der Waals surface area contributed by atoms with Crippen LogP contribution in [0.1, 0.15) is 233 Å². The number of nitrogens with one attached hydrogen (secondary N) is 1. The molecule has 0 aromatic carbocycles. The maximum absolute atomic E-state index is 11.6. The fourth-order valence-corrected chi connectivity index (χ4v) is 6.64. The van der Waals surface area contributed by atoms with Crippen LogP contribution in [0.5, 0.6) is 0 Å². The van der Waals surface area contributed by atoms with Gasteiger partial charge in [0.25, 0.3) is 0 Å². The Kier molecular flexibility index (Phi) is 64.6. The number of carbonyl (C=O) groups excluding carboxylic acids is 3. The quantitative estimate of drug-likeness (QED) is 0.0559. The molecule has 0 amide bonds. The van der Waals surface area contributed by atoms with Crippen LogP contribution in [0.25, 0.3) is 0 Å². The van der Waals surface area contributed by atoms with Crippen molar-refractivity contribution in [1.82, 2.24) is 5.32 Å². The molecule has 0 saturated heterocycles. The lowest BCUT2D eigenvalue weighted by Crippen LogP contribution is -2.38. The molecule has 1 N–H and O–H groups in total. The van der Waals surface area contributed by atoms with Gasteiger partial charge in [0.2, 0.25) is 0 Å². The van der Waals surface area contributed by atoms with Crippen LogP contribution in [-0.4, -0.2) is 250 Å². The van der Waals surface area contributed by atoms with Crippen molar-refractivity contribution in [3.63, 3.8) is 0 Å². The molecule has 21 heteroatoms. The molecule has 0 atom stereocenters. The zero-order valence-corrected chi connectivity index (χ0v) is 69.9. The Labute approximate surface area is 608 Å². The van der Waals surface area contributed by atoms with Crippen LogP contribution in [0.3, 0.4) is 0 Å². The number of ketones is 3. The Balaban J connectivity index is -0.000000373. The van der Waals surface area contributed by atoms with Crippen molar-refractivity contribution in [1.29, 1.82) is 0 Å². The molecule has 0 aliphatic rings. The van der Waals surface area contributed by atoms with Crippen molar-refractivity contribution in [2.24, 2.45) is 27.1 Å². The van der Waals surface area contributed by atoms with Gasteiger partial charge in [0.05, 0.1) is 188 Å². The van der Waals surface area contributed by atoms with Gasteiger partial charge < -0.3 is 85.8 Å². The third kappa shape index (κ3) is 103. The topological polar surface area (TPSA) is 220 Å². The average molecular weight is 1430 g/mol. The lowest BCUT2D eigenvalue weighted by atomic mass is 9.91. The molecular weight excluding hydrogens is 1270 g/mol. The maximum Gasteiger partial charge on any atom is 0.163 e. The lowest BCUT2D eigenvalue weighted by molar-refractivity contribution is -0.132. The first kappa shape index (κ1) is 106. The van der Waals surface area contributed by atoms with Crippen molar-refractivity contribution >= 4 is 17.3 Å². The second-order valence-corrected chi connectivity index (χ2v) is 34.6. The van der Waals surface area contributed by atoms with E-state index in [9.17, 15) is 14.4 Å². The molecule has 0 bridgehead atoms. The van der Waals surface area contributed by atoms with E-state index in [1.165, 1.54) is 12.8 Å². The summed E-state index contributed by atoms with van der Waals surface area (Å²) in [5.74, 6) is 0.327. The predicted octanol–water partition coefficient (Wildman–Crippen LogP) is 14.3. The molecule has 21 nitrogen and oxygen atoms in total.